The molecule has 1 heterocycles. The number of nitrogens with two attached hydrogens (primary N) is 1. The van der Waals surface area contributed by atoms with E-state index in [0.29, 0.717) is 24.6 Å². The molecule has 0 aliphatic heterocycles. The average Bonchev–Trinajstić information content (AvgIpc) is 3.00. The third kappa shape index (κ3) is 2.62. The number of oxazole rings is 1. The Hall–Kier alpha value is -2.92. The molecule has 0 bridgehead atoms. The van der Waals surface area contributed by atoms with Gasteiger partial charge in [0.1, 0.15) is 0 Å². The highest BCUT2D eigenvalue weighted by atomic mass is 16.6. The van der Waals surface area contributed by atoms with E-state index in [4.69, 9.17) is 14.9 Å². The second kappa shape index (κ2) is 6.24. The summed E-state index contributed by atoms with van der Waals surface area (Å²) in [7, 11) is 0. The first-order valence-electron chi connectivity index (χ1n) is 6.78. The third-order valence-electron chi connectivity index (χ3n) is 3.26. The largest absolute Gasteiger partial charge is 0.405 e. The molecule has 5 nitrogen and oxygen atoms in total. The maximum absolute atomic E-state index is 10.7. The molecule has 0 radical (unpaired) electrons. The van der Waals surface area contributed by atoms with Crippen molar-refractivity contribution in [1.29, 1.82) is 0 Å². The summed E-state index contributed by atoms with van der Waals surface area (Å²) >= 11 is 0. The van der Waals surface area contributed by atoms with E-state index in [1.165, 1.54) is 0 Å². The number of hydrogen-bond donors (Lipinski definition) is 1. The first kappa shape index (κ1) is 14.0. The first-order chi connectivity index (χ1) is 10.8. The summed E-state index contributed by atoms with van der Waals surface area (Å²) in [4.78, 5) is 15.2. The molecular weight excluding hydrogens is 280 g/mol. The topological polar surface area (TPSA) is 78.3 Å². The zero-order valence-electron chi connectivity index (χ0n) is 11.7. The molecule has 0 spiro atoms. The second-order valence-electron chi connectivity index (χ2n) is 4.60. The summed E-state index contributed by atoms with van der Waals surface area (Å²) in [6.45, 7) is 0.675. The van der Waals surface area contributed by atoms with Crippen LogP contribution in [-0.2, 0) is 11.3 Å². The van der Waals surface area contributed by atoms with E-state index in [9.17, 15) is 4.79 Å². The van der Waals surface area contributed by atoms with Crippen molar-refractivity contribution in [3.8, 4) is 28.7 Å². The first-order valence-corrected chi connectivity index (χ1v) is 6.78. The van der Waals surface area contributed by atoms with Crippen LogP contribution >= 0.6 is 0 Å². The van der Waals surface area contributed by atoms with E-state index in [2.05, 4.69) is 4.98 Å². The molecule has 0 amide bonds. The van der Waals surface area contributed by atoms with Gasteiger partial charge in [0.2, 0.25) is 5.89 Å². The van der Waals surface area contributed by atoms with Gasteiger partial charge in [0.15, 0.2) is 5.69 Å². The summed E-state index contributed by atoms with van der Waals surface area (Å²) in [5, 5.41) is 0. The predicted octanol–water partition coefficient (Wildman–Crippen LogP) is 3.00. The number of nitrogens with zero attached hydrogens (tertiary/aromatic N) is 1. The fourth-order valence-corrected chi connectivity index (χ4v) is 2.23. The Labute approximate surface area is 127 Å². The molecule has 0 atom stereocenters. The minimum Gasteiger partial charge on any atom is -0.405 e. The molecule has 1 aromatic heterocycles. The van der Waals surface area contributed by atoms with Crippen LogP contribution in [-0.4, -0.2) is 11.5 Å². The normalized spacial score (nSPS) is 10.4. The zero-order valence-corrected chi connectivity index (χ0v) is 11.7. The van der Waals surface area contributed by atoms with Crippen LogP contribution in [0.3, 0.4) is 0 Å². The molecule has 0 unspecified atom stereocenters. The van der Waals surface area contributed by atoms with Crippen molar-refractivity contribution >= 4 is 6.47 Å². The van der Waals surface area contributed by atoms with Crippen molar-refractivity contribution in [3.05, 3.63) is 60.2 Å². The summed E-state index contributed by atoms with van der Waals surface area (Å²) < 4.78 is 10.5. The van der Waals surface area contributed by atoms with E-state index in [0.717, 1.165) is 16.7 Å². The number of aromatic nitrogens is 1. The van der Waals surface area contributed by atoms with Crippen molar-refractivity contribution in [2.24, 2.45) is 5.73 Å². The van der Waals surface area contributed by atoms with Crippen LogP contribution in [0.1, 0.15) is 5.56 Å². The van der Waals surface area contributed by atoms with Crippen molar-refractivity contribution in [3.63, 3.8) is 0 Å². The molecular formula is C17H14N2O3. The third-order valence-corrected chi connectivity index (χ3v) is 3.26. The molecule has 0 saturated carbocycles. The lowest BCUT2D eigenvalue weighted by molar-refractivity contribution is -0.121. The van der Waals surface area contributed by atoms with E-state index < -0.39 is 0 Å². The summed E-state index contributed by atoms with van der Waals surface area (Å²) in [5.74, 6) is 0.453. The Morgan fingerprint density at radius 3 is 2.55 bits per heavy atom. The van der Waals surface area contributed by atoms with Gasteiger partial charge < -0.3 is 14.9 Å². The van der Waals surface area contributed by atoms with E-state index in [-0.39, 0.29) is 5.95 Å². The molecule has 5 heteroatoms. The highest BCUT2D eigenvalue weighted by Crippen LogP contribution is 2.35. The second-order valence-corrected chi connectivity index (χ2v) is 4.60. The minimum absolute atomic E-state index is 0.0646. The molecule has 0 fully saturated rings. The maximum Gasteiger partial charge on any atom is 0.321 e. The van der Waals surface area contributed by atoms with Crippen molar-refractivity contribution in [2.45, 2.75) is 6.54 Å². The Bertz CT molecular complexity index is 782. The van der Waals surface area contributed by atoms with Gasteiger partial charge in [-0.05, 0) is 17.7 Å². The predicted molar refractivity (Wildman–Crippen MR) is 82.0 cm³/mol. The van der Waals surface area contributed by atoms with Gasteiger partial charge in [-0.25, -0.2) is 4.98 Å². The van der Waals surface area contributed by atoms with Gasteiger partial charge in [-0.15, -0.1) is 0 Å². The van der Waals surface area contributed by atoms with Crippen LogP contribution in [0.4, 0.5) is 0 Å². The van der Waals surface area contributed by atoms with Crippen molar-refractivity contribution in [1.82, 2.24) is 4.98 Å². The number of hydrogen-bond acceptors (Lipinski definition) is 5. The number of benzene rings is 2. The Morgan fingerprint density at radius 2 is 1.82 bits per heavy atom. The smallest absolute Gasteiger partial charge is 0.321 e. The molecule has 2 aromatic carbocycles. The van der Waals surface area contributed by atoms with Gasteiger partial charge >= 0.3 is 12.4 Å². The average molecular weight is 294 g/mol. The van der Waals surface area contributed by atoms with Gasteiger partial charge in [0.05, 0.1) is 0 Å². The molecule has 0 aliphatic carbocycles. The number of ether oxygens (including phenoxy) is 1. The highest BCUT2D eigenvalue weighted by Gasteiger charge is 2.19. The van der Waals surface area contributed by atoms with Crippen LogP contribution in [0.2, 0.25) is 0 Å². The van der Waals surface area contributed by atoms with Crippen LogP contribution in [0.5, 0.6) is 5.95 Å². The maximum atomic E-state index is 10.7. The minimum atomic E-state index is 0.0646. The van der Waals surface area contributed by atoms with Gasteiger partial charge in [-0.2, -0.15) is 0 Å². The van der Waals surface area contributed by atoms with Crippen LogP contribution in [0.15, 0.2) is 59.0 Å². The molecule has 0 aliphatic rings. The molecule has 2 N–H and O–H groups in total. The summed E-state index contributed by atoms with van der Waals surface area (Å²) in [6.07, 6.45) is 0. The van der Waals surface area contributed by atoms with Crippen molar-refractivity contribution in [2.75, 3.05) is 0 Å². The SMILES string of the molecule is NCc1ccccc1-c1nc(-c2ccccc2)oc1OC=O. The summed E-state index contributed by atoms with van der Waals surface area (Å²) in [6, 6.07) is 16.9. The molecule has 22 heavy (non-hydrogen) atoms. The molecule has 110 valence electrons. The monoisotopic (exact) mass is 294 g/mol. The Balaban J connectivity index is 2.14. The Morgan fingerprint density at radius 1 is 1.09 bits per heavy atom. The lowest BCUT2D eigenvalue weighted by Crippen LogP contribution is -1.99. The standard InChI is InChI=1S/C17H14N2O3/c18-10-13-8-4-5-9-14(13)15-17(21-11-20)22-16(19-15)12-6-2-1-3-7-12/h1-9,11H,10,18H2. The van der Waals surface area contributed by atoms with Crippen LogP contribution < -0.4 is 10.5 Å². The van der Waals surface area contributed by atoms with E-state index in [1.807, 2.05) is 54.6 Å². The van der Waals surface area contributed by atoms with E-state index in [1.54, 1.807) is 0 Å². The quantitative estimate of drug-likeness (QED) is 0.732. The van der Waals surface area contributed by atoms with E-state index >= 15 is 0 Å². The lowest BCUT2D eigenvalue weighted by atomic mass is 10.1. The van der Waals surface area contributed by atoms with Gasteiger partial charge in [0.25, 0.3) is 0 Å². The molecule has 0 saturated heterocycles. The highest BCUT2D eigenvalue weighted by molar-refractivity contribution is 5.71. The van der Waals surface area contributed by atoms with Crippen LogP contribution in [0.25, 0.3) is 22.7 Å². The van der Waals surface area contributed by atoms with Gasteiger partial charge in [-0.3, -0.25) is 4.79 Å². The zero-order chi connectivity index (χ0) is 15.4. The fourth-order valence-electron chi connectivity index (χ4n) is 2.23. The van der Waals surface area contributed by atoms with Gasteiger partial charge in [-0.1, -0.05) is 42.5 Å². The molecule has 3 aromatic rings. The number of carbonyl (C=O) groups excluding carboxylic acids is 1. The van der Waals surface area contributed by atoms with Crippen LogP contribution in [0, 0.1) is 0 Å². The molecule has 3 rings (SSSR count). The van der Waals surface area contributed by atoms with Gasteiger partial charge in [0, 0.05) is 17.7 Å². The lowest BCUT2D eigenvalue weighted by Gasteiger charge is -2.04. The summed E-state index contributed by atoms with van der Waals surface area (Å²) in [5.41, 5.74) is 8.71. The fraction of sp³-hybridized carbons (Fsp3) is 0.0588. The van der Waals surface area contributed by atoms with Crippen molar-refractivity contribution < 1.29 is 13.9 Å². The Kier molecular flexibility index (Phi) is 3.98. The number of rotatable bonds is 5. The number of carbonyl (C=O) groups is 1.